The molecule has 0 unspecified atom stereocenters. The van der Waals surface area contributed by atoms with Crippen LogP contribution in [0.15, 0.2) is 23.1 Å². The van der Waals surface area contributed by atoms with Gasteiger partial charge in [-0.25, -0.2) is 8.42 Å². The lowest BCUT2D eigenvalue weighted by Gasteiger charge is -2.31. The number of hydrogen-bond donors (Lipinski definition) is 1. The third-order valence-corrected chi connectivity index (χ3v) is 6.97. The Balaban J connectivity index is 1.70. The minimum atomic E-state index is -3.56. The van der Waals surface area contributed by atoms with Crippen LogP contribution in [-0.2, 0) is 26.0 Å². The Morgan fingerprint density at radius 1 is 1.27 bits per heavy atom. The third-order valence-electron chi connectivity index (χ3n) is 5.07. The molecule has 2 heterocycles. The summed E-state index contributed by atoms with van der Waals surface area (Å²) in [7, 11) is -3.56. The maximum Gasteiger partial charge on any atom is 0.243 e. The molecule has 1 saturated heterocycles. The van der Waals surface area contributed by atoms with Gasteiger partial charge >= 0.3 is 0 Å². The summed E-state index contributed by atoms with van der Waals surface area (Å²) in [6.45, 7) is 4.24. The number of carbonyl (C=O) groups excluding carboxylic acids is 1. The fourth-order valence-corrected chi connectivity index (χ4v) is 5.06. The molecule has 144 valence electrons. The van der Waals surface area contributed by atoms with E-state index in [1.165, 1.54) is 11.2 Å². The number of hydrogen-bond acceptors (Lipinski definition) is 5. The van der Waals surface area contributed by atoms with Crippen LogP contribution in [0.5, 0.6) is 0 Å². The lowest BCUT2D eigenvalue weighted by molar-refractivity contribution is -0.116. The second kappa shape index (κ2) is 8.04. The number of anilines is 1. The lowest BCUT2D eigenvalue weighted by atomic mass is 10.1. The molecule has 26 heavy (non-hydrogen) atoms. The van der Waals surface area contributed by atoms with Crippen molar-refractivity contribution in [1.82, 2.24) is 4.31 Å². The first-order chi connectivity index (χ1) is 12.4. The molecule has 0 aromatic heterocycles. The Bertz CT molecular complexity index is 758. The van der Waals surface area contributed by atoms with Crippen LogP contribution in [0.25, 0.3) is 0 Å². The van der Waals surface area contributed by atoms with E-state index in [2.05, 4.69) is 0 Å². The molecule has 2 aliphatic heterocycles. The van der Waals surface area contributed by atoms with Gasteiger partial charge in [-0.05, 0) is 49.9 Å². The van der Waals surface area contributed by atoms with E-state index >= 15 is 0 Å². The number of fused-ring (bicyclic) bond motifs is 1. The first-order valence-electron chi connectivity index (χ1n) is 9.16. The zero-order valence-electron chi connectivity index (χ0n) is 15.2. The quantitative estimate of drug-likeness (QED) is 0.745. The number of nitrogens with two attached hydrogens (primary N) is 1. The maximum absolute atomic E-state index is 13.0. The summed E-state index contributed by atoms with van der Waals surface area (Å²) in [5.74, 6) is -0.0614. The van der Waals surface area contributed by atoms with Gasteiger partial charge in [0.15, 0.2) is 0 Å². The van der Waals surface area contributed by atoms with Gasteiger partial charge in [0, 0.05) is 38.9 Å². The van der Waals surface area contributed by atoms with Crippen molar-refractivity contribution in [3.63, 3.8) is 0 Å². The molecule has 1 aromatic rings. The van der Waals surface area contributed by atoms with E-state index in [9.17, 15) is 13.2 Å². The average molecular weight is 381 g/mol. The fraction of sp³-hybridized carbons (Fsp3) is 0.611. The topological polar surface area (TPSA) is 92.9 Å². The van der Waals surface area contributed by atoms with Crippen molar-refractivity contribution in [2.24, 2.45) is 5.73 Å². The minimum Gasteiger partial charge on any atom is -0.378 e. The summed E-state index contributed by atoms with van der Waals surface area (Å²) < 4.78 is 33.3. The van der Waals surface area contributed by atoms with E-state index in [1.807, 2.05) is 6.07 Å². The van der Waals surface area contributed by atoms with Gasteiger partial charge in [0.2, 0.25) is 15.9 Å². The first-order valence-corrected chi connectivity index (χ1v) is 10.6. The van der Waals surface area contributed by atoms with Gasteiger partial charge < -0.3 is 15.4 Å². The number of sulfonamides is 1. The zero-order chi connectivity index (χ0) is 18.7. The predicted molar refractivity (Wildman–Crippen MR) is 99.6 cm³/mol. The molecular weight excluding hydrogens is 354 g/mol. The lowest BCUT2D eigenvalue weighted by Crippen LogP contribution is -2.41. The van der Waals surface area contributed by atoms with Crippen molar-refractivity contribution < 1.29 is 17.9 Å². The highest BCUT2D eigenvalue weighted by Gasteiger charge is 2.31. The van der Waals surface area contributed by atoms with Gasteiger partial charge in [0.1, 0.15) is 0 Å². The SMILES string of the molecule is CC(=O)N1CCc2ccc(S(=O)(=O)N3CCC(OCCCN)CC3)cc21. The number of nitrogens with zero attached hydrogens (tertiary/aromatic N) is 2. The molecule has 0 bridgehead atoms. The summed E-state index contributed by atoms with van der Waals surface area (Å²) in [5, 5.41) is 0. The van der Waals surface area contributed by atoms with Crippen molar-refractivity contribution >= 4 is 21.6 Å². The summed E-state index contributed by atoms with van der Waals surface area (Å²) in [6.07, 6.45) is 3.06. The number of benzene rings is 1. The van der Waals surface area contributed by atoms with Crippen LogP contribution in [0.3, 0.4) is 0 Å². The van der Waals surface area contributed by atoms with Crippen LogP contribution >= 0.6 is 0 Å². The predicted octanol–water partition coefficient (Wildman–Crippen LogP) is 1.11. The van der Waals surface area contributed by atoms with Crippen molar-refractivity contribution in [2.45, 2.75) is 43.6 Å². The first kappa shape index (κ1) is 19.3. The van der Waals surface area contributed by atoms with Gasteiger partial charge in [-0.1, -0.05) is 6.07 Å². The van der Waals surface area contributed by atoms with Gasteiger partial charge in [0.25, 0.3) is 0 Å². The Hall–Kier alpha value is -1.48. The van der Waals surface area contributed by atoms with Crippen molar-refractivity contribution in [2.75, 3.05) is 37.7 Å². The highest BCUT2D eigenvalue weighted by atomic mass is 32.2. The molecule has 0 radical (unpaired) electrons. The molecule has 3 rings (SSSR count). The van der Waals surface area contributed by atoms with Crippen LogP contribution in [0.4, 0.5) is 5.69 Å². The molecule has 1 amide bonds. The molecule has 8 heteroatoms. The molecule has 0 aliphatic carbocycles. The van der Waals surface area contributed by atoms with E-state index in [1.54, 1.807) is 17.0 Å². The van der Waals surface area contributed by atoms with E-state index in [4.69, 9.17) is 10.5 Å². The summed E-state index contributed by atoms with van der Waals surface area (Å²) in [4.78, 5) is 13.7. The normalized spacial score (nSPS) is 18.9. The van der Waals surface area contributed by atoms with E-state index in [0.717, 1.165) is 24.1 Å². The van der Waals surface area contributed by atoms with Crippen LogP contribution in [0.1, 0.15) is 31.7 Å². The maximum atomic E-state index is 13.0. The molecule has 0 spiro atoms. The molecule has 2 aliphatic rings. The zero-order valence-corrected chi connectivity index (χ0v) is 16.0. The van der Waals surface area contributed by atoms with Crippen molar-refractivity contribution in [3.8, 4) is 0 Å². The standard InChI is InChI=1S/C18H27N3O4S/c1-14(22)21-11-5-15-3-4-17(13-18(15)21)26(23,24)20-9-6-16(7-10-20)25-12-2-8-19/h3-4,13,16H,2,5-12,19H2,1H3. The van der Waals surface area contributed by atoms with E-state index in [0.29, 0.717) is 45.6 Å². The van der Waals surface area contributed by atoms with Crippen molar-refractivity contribution in [3.05, 3.63) is 23.8 Å². The Morgan fingerprint density at radius 2 is 2.00 bits per heavy atom. The number of piperidine rings is 1. The second-order valence-corrected chi connectivity index (χ2v) is 8.77. The average Bonchev–Trinajstić information content (AvgIpc) is 3.06. The number of amides is 1. The monoisotopic (exact) mass is 381 g/mol. The Labute approximate surface area is 155 Å². The number of rotatable bonds is 6. The molecule has 1 fully saturated rings. The van der Waals surface area contributed by atoms with Gasteiger partial charge in [-0.15, -0.1) is 0 Å². The largest absolute Gasteiger partial charge is 0.378 e. The van der Waals surface area contributed by atoms with Crippen LogP contribution in [0.2, 0.25) is 0 Å². The smallest absolute Gasteiger partial charge is 0.243 e. The van der Waals surface area contributed by atoms with Gasteiger partial charge in [0.05, 0.1) is 11.0 Å². The van der Waals surface area contributed by atoms with Crippen LogP contribution < -0.4 is 10.6 Å². The van der Waals surface area contributed by atoms with Crippen LogP contribution in [0, 0.1) is 0 Å². The fourth-order valence-electron chi connectivity index (χ4n) is 3.57. The van der Waals surface area contributed by atoms with E-state index in [-0.39, 0.29) is 16.9 Å². The van der Waals surface area contributed by atoms with Crippen molar-refractivity contribution in [1.29, 1.82) is 0 Å². The van der Waals surface area contributed by atoms with Crippen LogP contribution in [-0.4, -0.2) is 57.5 Å². The summed E-state index contributed by atoms with van der Waals surface area (Å²) in [5.41, 5.74) is 7.20. The number of carbonyl (C=O) groups is 1. The molecular formula is C18H27N3O4S. The number of ether oxygens (including phenoxy) is 1. The van der Waals surface area contributed by atoms with Gasteiger partial charge in [-0.3, -0.25) is 4.79 Å². The molecule has 0 saturated carbocycles. The summed E-state index contributed by atoms with van der Waals surface area (Å²) >= 11 is 0. The highest BCUT2D eigenvalue weighted by molar-refractivity contribution is 7.89. The Morgan fingerprint density at radius 3 is 2.65 bits per heavy atom. The Kier molecular flexibility index (Phi) is 5.96. The van der Waals surface area contributed by atoms with Gasteiger partial charge in [-0.2, -0.15) is 4.31 Å². The third kappa shape index (κ3) is 3.93. The molecule has 1 aromatic carbocycles. The molecule has 0 atom stereocenters. The minimum absolute atomic E-state index is 0.0614. The second-order valence-electron chi connectivity index (χ2n) is 6.83. The van der Waals surface area contributed by atoms with E-state index < -0.39 is 10.0 Å². The molecule has 7 nitrogen and oxygen atoms in total. The highest BCUT2D eigenvalue weighted by Crippen LogP contribution is 2.32. The summed E-state index contributed by atoms with van der Waals surface area (Å²) in [6, 6.07) is 5.12. The molecule has 2 N–H and O–H groups in total.